The van der Waals surface area contributed by atoms with E-state index in [1.54, 1.807) is 43.0 Å². The molecule has 10 nitrogen and oxygen atoms in total. The van der Waals surface area contributed by atoms with Crippen LogP contribution in [-0.2, 0) is 9.53 Å². The normalized spacial score (nSPS) is 10.8. The highest BCUT2D eigenvalue weighted by atomic mass is 16.7. The number of para-hydroxylation sites is 1. The van der Waals surface area contributed by atoms with Gasteiger partial charge in [0.25, 0.3) is 0 Å². The van der Waals surface area contributed by atoms with Gasteiger partial charge in [0.2, 0.25) is 11.9 Å². The van der Waals surface area contributed by atoms with Gasteiger partial charge in [-0.25, -0.2) is 14.8 Å². The van der Waals surface area contributed by atoms with Gasteiger partial charge >= 0.3 is 5.97 Å². The smallest absolute Gasteiger partial charge is 0.342 e. The van der Waals surface area contributed by atoms with E-state index in [0.717, 1.165) is 10.9 Å². The standard InChI is InChI=1S/C28H29N5O5/c1-6-25(34)30-18-12-13-24(36-5)22(14-18)31-28-29-15-20(27(35)38-17(3)4)26(32-28)21-16-33(37-7-2)23-11-9-8-10-19(21)23/h6,8-17H,1,7H2,2-5H3,(H,30,34)(H,29,31,32). The predicted molar refractivity (Wildman–Crippen MR) is 146 cm³/mol. The van der Waals surface area contributed by atoms with Crippen molar-refractivity contribution in [2.75, 3.05) is 24.4 Å². The molecule has 0 aliphatic rings. The third kappa shape index (κ3) is 5.59. The minimum absolute atomic E-state index is 0.208. The van der Waals surface area contributed by atoms with Crippen molar-refractivity contribution < 1.29 is 23.9 Å². The lowest BCUT2D eigenvalue weighted by molar-refractivity contribution is -0.111. The summed E-state index contributed by atoms with van der Waals surface area (Å²) in [5, 5.41) is 6.69. The van der Waals surface area contributed by atoms with Crippen LogP contribution in [0.15, 0.2) is 67.5 Å². The van der Waals surface area contributed by atoms with Crippen molar-refractivity contribution in [3.63, 3.8) is 0 Å². The number of anilines is 3. The molecule has 0 radical (unpaired) electrons. The molecule has 4 rings (SSSR count). The van der Waals surface area contributed by atoms with E-state index in [-0.39, 0.29) is 23.5 Å². The monoisotopic (exact) mass is 515 g/mol. The first-order valence-corrected chi connectivity index (χ1v) is 12.0. The van der Waals surface area contributed by atoms with E-state index in [9.17, 15) is 9.59 Å². The summed E-state index contributed by atoms with van der Waals surface area (Å²) in [6.07, 6.45) is 4.08. The SMILES string of the molecule is C=CC(=O)Nc1ccc(OC)c(Nc2ncc(C(=O)OC(C)C)c(-c3cn(OCC)c4ccccc34)n2)c1. The first kappa shape index (κ1) is 26.2. The molecule has 0 aliphatic carbocycles. The summed E-state index contributed by atoms with van der Waals surface area (Å²) in [7, 11) is 1.53. The number of methoxy groups -OCH3 is 1. The van der Waals surface area contributed by atoms with E-state index in [2.05, 4.69) is 22.2 Å². The fraction of sp³-hybridized carbons (Fsp3) is 0.214. The van der Waals surface area contributed by atoms with E-state index >= 15 is 0 Å². The second kappa shape index (κ2) is 11.5. The second-order valence-corrected chi connectivity index (χ2v) is 8.45. The Morgan fingerprint density at radius 3 is 2.68 bits per heavy atom. The van der Waals surface area contributed by atoms with Crippen LogP contribution in [0, 0.1) is 0 Å². The highest BCUT2D eigenvalue weighted by Gasteiger charge is 2.23. The lowest BCUT2D eigenvalue weighted by atomic mass is 10.1. The van der Waals surface area contributed by atoms with Gasteiger partial charge in [0.15, 0.2) is 0 Å². The van der Waals surface area contributed by atoms with Gasteiger partial charge in [0.05, 0.1) is 36.3 Å². The largest absolute Gasteiger partial charge is 0.495 e. The number of ether oxygens (including phenoxy) is 2. The summed E-state index contributed by atoms with van der Waals surface area (Å²) in [6.45, 7) is 9.38. The van der Waals surface area contributed by atoms with Crippen molar-refractivity contribution in [1.82, 2.24) is 14.7 Å². The van der Waals surface area contributed by atoms with Crippen LogP contribution in [0.1, 0.15) is 31.1 Å². The van der Waals surface area contributed by atoms with Gasteiger partial charge in [-0.15, -0.1) is 0 Å². The van der Waals surface area contributed by atoms with Gasteiger partial charge in [0.1, 0.15) is 17.9 Å². The van der Waals surface area contributed by atoms with Crippen LogP contribution < -0.4 is 20.2 Å². The fourth-order valence-electron chi connectivity index (χ4n) is 3.86. The molecule has 4 aromatic rings. The molecule has 0 saturated carbocycles. The molecular weight excluding hydrogens is 486 g/mol. The van der Waals surface area contributed by atoms with Crippen molar-refractivity contribution in [1.29, 1.82) is 0 Å². The first-order valence-electron chi connectivity index (χ1n) is 12.0. The minimum Gasteiger partial charge on any atom is -0.495 e. The summed E-state index contributed by atoms with van der Waals surface area (Å²) in [5.74, 6) is -0.178. The number of fused-ring (bicyclic) bond motifs is 1. The molecule has 2 heterocycles. The Morgan fingerprint density at radius 2 is 1.97 bits per heavy atom. The van der Waals surface area contributed by atoms with E-state index in [1.165, 1.54) is 19.4 Å². The van der Waals surface area contributed by atoms with Crippen LogP contribution in [0.5, 0.6) is 5.75 Å². The van der Waals surface area contributed by atoms with Crippen molar-refractivity contribution in [2.45, 2.75) is 26.9 Å². The molecule has 0 unspecified atom stereocenters. The molecule has 2 aromatic carbocycles. The van der Waals surface area contributed by atoms with E-state index in [1.807, 2.05) is 31.2 Å². The van der Waals surface area contributed by atoms with E-state index < -0.39 is 5.97 Å². The number of carbonyl (C=O) groups is 2. The quantitative estimate of drug-likeness (QED) is 0.224. The number of nitrogens with zero attached hydrogens (tertiary/aromatic N) is 3. The average molecular weight is 516 g/mol. The number of esters is 1. The average Bonchev–Trinajstić information content (AvgIpc) is 3.27. The third-order valence-electron chi connectivity index (χ3n) is 5.45. The first-order chi connectivity index (χ1) is 18.3. The number of amides is 1. The molecule has 196 valence electrons. The lowest BCUT2D eigenvalue weighted by Gasteiger charge is -2.14. The number of benzene rings is 2. The number of hydrogen-bond acceptors (Lipinski definition) is 8. The van der Waals surface area contributed by atoms with Crippen LogP contribution in [0.4, 0.5) is 17.3 Å². The van der Waals surface area contributed by atoms with Gasteiger partial charge in [-0.3, -0.25) is 4.79 Å². The number of nitrogens with one attached hydrogen (secondary N) is 2. The molecule has 1 amide bonds. The minimum atomic E-state index is -0.540. The third-order valence-corrected chi connectivity index (χ3v) is 5.45. The van der Waals surface area contributed by atoms with Crippen molar-refractivity contribution >= 4 is 40.1 Å². The van der Waals surface area contributed by atoms with Gasteiger partial charge in [-0.1, -0.05) is 24.8 Å². The zero-order chi connectivity index (χ0) is 27.2. The summed E-state index contributed by atoms with van der Waals surface area (Å²) in [6, 6.07) is 12.8. The number of aromatic nitrogens is 3. The molecule has 2 N–H and O–H groups in total. The maximum absolute atomic E-state index is 13.0. The van der Waals surface area contributed by atoms with Crippen molar-refractivity contribution in [3.05, 3.63) is 73.1 Å². The summed E-state index contributed by atoms with van der Waals surface area (Å²) in [5.41, 5.74) is 3.12. The molecule has 0 atom stereocenters. The van der Waals surface area contributed by atoms with Crippen LogP contribution >= 0.6 is 0 Å². The summed E-state index contributed by atoms with van der Waals surface area (Å²) in [4.78, 5) is 39.7. The number of carbonyl (C=O) groups excluding carboxylic acids is 2. The predicted octanol–water partition coefficient (Wildman–Crippen LogP) is 4.99. The van der Waals surface area contributed by atoms with Crippen molar-refractivity contribution in [2.24, 2.45) is 0 Å². The zero-order valence-electron chi connectivity index (χ0n) is 21.6. The van der Waals surface area contributed by atoms with Gasteiger partial charge in [0, 0.05) is 22.8 Å². The Balaban J connectivity index is 1.83. The van der Waals surface area contributed by atoms with Crippen LogP contribution in [0.3, 0.4) is 0 Å². The summed E-state index contributed by atoms with van der Waals surface area (Å²) >= 11 is 0. The molecule has 0 aliphatic heterocycles. The van der Waals surface area contributed by atoms with Crippen LogP contribution in [-0.4, -0.2) is 46.4 Å². The molecule has 0 saturated heterocycles. The molecule has 0 spiro atoms. The lowest BCUT2D eigenvalue weighted by Crippen LogP contribution is -2.14. The molecule has 0 bridgehead atoms. The molecule has 2 aromatic heterocycles. The molecular formula is C28H29N5O5. The van der Waals surface area contributed by atoms with Crippen molar-refractivity contribution in [3.8, 4) is 17.0 Å². The number of rotatable bonds is 10. The maximum atomic E-state index is 13.0. The Labute approximate surface area is 220 Å². The Hall–Kier alpha value is -4.86. The van der Waals surface area contributed by atoms with Gasteiger partial charge < -0.3 is 24.9 Å². The van der Waals surface area contributed by atoms with Crippen LogP contribution in [0.2, 0.25) is 0 Å². The van der Waals surface area contributed by atoms with Gasteiger partial charge in [-0.05, 0) is 51.1 Å². The molecule has 10 heteroatoms. The highest BCUT2D eigenvalue weighted by Crippen LogP contribution is 2.34. The Morgan fingerprint density at radius 1 is 1.18 bits per heavy atom. The van der Waals surface area contributed by atoms with E-state index in [0.29, 0.717) is 35.0 Å². The Kier molecular flexibility index (Phi) is 7.91. The Bertz CT molecular complexity index is 1490. The van der Waals surface area contributed by atoms with Crippen LogP contribution in [0.25, 0.3) is 22.2 Å². The maximum Gasteiger partial charge on any atom is 0.342 e. The molecule has 38 heavy (non-hydrogen) atoms. The zero-order valence-corrected chi connectivity index (χ0v) is 21.6. The number of hydrogen-bond donors (Lipinski definition) is 2. The summed E-state index contributed by atoms with van der Waals surface area (Å²) < 4.78 is 12.6. The second-order valence-electron chi connectivity index (χ2n) is 8.45. The fourth-order valence-corrected chi connectivity index (χ4v) is 3.86. The van der Waals surface area contributed by atoms with E-state index in [4.69, 9.17) is 19.3 Å². The highest BCUT2D eigenvalue weighted by molar-refractivity contribution is 6.03. The topological polar surface area (TPSA) is 117 Å². The molecule has 0 fully saturated rings. The van der Waals surface area contributed by atoms with Gasteiger partial charge in [-0.2, -0.15) is 4.73 Å².